The number of anilines is 1. The summed E-state index contributed by atoms with van der Waals surface area (Å²) in [6, 6.07) is 18.0. The van der Waals surface area contributed by atoms with Gasteiger partial charge in [0, 0.05) is 61.7 Å². The van der Waals surface area contributed by atoms with Crippen LogP contribution in [0.5, 0.6) is 5.75 Å². The Balaban J connectivity index is 0.00000271. The summed E-state index contributed by atoms with van der Waals surface area (Å²) in [4.78, 5) is 13.8. The number of para-hydroxylation sites is 1. The number of ether oxygens (including phenoxy) is 1. The zero-order valence-corrected chi connectivity index (χ0v) is 27.0. The van der Waals surface area contributed by atoms with E-state index in [0.717, 1.165) is 42.4 Å². The molecule has 45 heavy (non-hydrogen) atoms. The molecule has 8 nitrogen and oxygen atoms in total. The third-order valence-electron chi connectivity index (χ3n) is 7.34. The van der Waals surface area contributed by atoms with Crippen molar-refractivity contribution in [3.63, 3.8) is 0 Å². The van der Waals surface area contributed by atoms with E-state index in [4.69, 9.17) is 28.4 Å². The second-order valence-electron chi connectivity index (χ2n) is 10.6. The third-order valence-corrected chi connectivity index (χ3v) is 7.34. The highest BCUT2D eigenvalue weighted by Crippen LogP contribution is 2.29. The lowest BCUT2D eigenvalue weighted by atomic mass is 10.0. The van der Waals surface area contributed by atoms with Gasteiger partial charge in [0.1, 0.15) is 18.2 Å². The highest BCUT2D eigenvalue weighted by Gasteiger charge is 2.34. The number of hydrogen-bond acceptors (Lipinski definition) is 8. The average molecular weight is 606 g/mol. The van der Waals surface area contributed by atoms with Gasteiger partial charge in [0.05, 0.1) is 11.3 Å². The molecule has 1 aliphatic rings. The molecule has 1 fully saturated rings. The van der Waals surface area contributed by atoms with Crippen LogP contribution < -0.4 is 26.8 Å². The molecule has 8 heteroatoms. The number of aromatic nitrogens is 2. The van der Waals surface area contributed by atoms with E-state index in [1.165, 1.54) is 0 Å². The lowest BCUT2D eigenvalue weighted by molar-refractivity contribution is 0.238. The standard InChI is InChI=1S/C35H41N7O.C2H6/c1-4-6-7-8-10-17-28-21-39-35(40-22-28)42-26(3)23-41(24-29(42)5-2)32(34(37)38)20-31(36)30-18-13-14-19-33(30)43-25-27-15-11-9-12-16-27;1-2/h1,9,11-16,18-22,26,29H,5-8,23-25,36-38H2,2-3H3;1-2H3/b31-20-;. The van der Waals surface area contributed by atoms with Crippen LogP contribution in [0.2, 0.25) is 0 Å². The van der Waals surface area contributed by atoms with Crippen molar-refractivity contribution in [2.75, 3.05) is 18.0 Å². The zero-order valence-electron chi connectivity index (χ0n) is 27.0. The maximum Gasteiger partial charge on any atom is 0.225 e. The molecule has 1 aliphatic heterocycles. The molecule has 0 bridgehead atoms. The summed E-state index contributed by atoms with van der Waals surface area (Å²) >= 11 is 0. The summed E-state index contributed by atoms with van der Waals surface area (Å²) in [5, 5.41) is 0. The zero-order chi connectivity index (χ0) is 32.6. The minimum absolute atomic E-state index is 0.0878. The van der Waals surface area contributed by atoms with Crippen molar-refractivity contribution in [3.8, 4) is 29.9 Å². The molecule has 0 radical (unpaired) electrons. The van der Waals surface area contributed by atoms with Gasteiger partial charge in [-0.1, -0.05) is 75.1 Å². The molecule has 1 saturated heterocycles. The van der Waals surface area contributed by atoms with Gasteiger partial charge in [-0.25, -0.2) is 9.97 Å². The van der Waals surface area contributed by atoms with Crippen molar-refractivity contribution in [2.45, 2.75) is 72.1 Å². The molecule has 2 atom stereocenters. The van der Waals surface area contributed by atoms with E-state index in [1.807, 2.05) is 74.5 Å². The van der Waals surface area contributed by atoms with E-state index in [2.05, 4.69) is 51.4 Å². The summed E-state index contributed by atoms with van der Waals surface area (Å²) < 4.78 is 6.14. The summed E-state index contributed by atoms with van der Waals surface area (Å²) in [7, 11) is 0. The number of terminal acetylenes is 1. The van der Waals surface area contributed by atoms with E-state index in [9.17, 15) is 0 Å². The predicted molar refractivity (Wildman–Crippen MR) is 185 cm³/mol. The molecule has 2 aromatic carbocycles. The Labute approximate surface area is 269 Å². The van der Waals surface area contributed by atoms with Crippen LogP contribution in [-0.2, 0) is 6.61 Å². The molecule has 0 spiro atoms. The second kappa shape index (κ2) is 17.9. The summed E-state index contributed by atoms with van der Waals surface area (Å²) in [5.41, 5.74) is 23.0. The Morgan fingerprint density at radius 2 is 1.69 bits per heavy atom. The van der Waals surface area contributed by atoms with E-state index in [-0.39, 0.29) is 17.9 Å². The summed E-state index contributed by atoms with van der Waals surface area (Å²) in [5.74, 6) is 10.5. The number of allylic oxidation sites excluding steroid dienone is 1. The van der Waals surface area contributed by atoms with E-state index in [1.54, 1.807) is 12.4 Å². The van der Waals surface area contributed by atoms with E-state index < -0.39 is 0 Å². The van der Waals surface area contributed by atoms with Crippen LogP contribution in [0.4, 0.5) is 5.95 Å². The van der Waals surface area contributed by atoms with Crippen LogP contribution in [0.1, 0.15) is 70.1 Å². The van der Waals surface area contributed by atoms with Crippen LogP contribution >= 0.6 is 0 Å². The molecular formula is C37H47N7O. The van der Waals surface area contributed by atoms with Crippen LogP contribution in [0.25, 0.3) is 5.70 Å². The van der Waals surface area contributed by atoms with Gasteiger partial charge in [0.15, 0.2) is 0 Å². The lowest BCUT2D eigenvalue weighted by Crippen LogP contribution is -2.58. The minimum Gasteiger partial charge on any atom is -0.488 e. The largest absolute Gasteiger partial charge is 0.488 e. The molecule has 2 unspecified atom stereocenters. The number of nitrogens with two attached hydrogens (primary N) is 3. The van der Waals surface area contributed by atoms with Gasteiger partial charge in [-0.2, -0.15) is 0 Å². The summed E-state index contributed by atoms with van der Waals surface area (Å²) in [6.45, 7) is 10.1. The van der Waals surface area contributed by atoms with E-state index >= 15 is 0 Å². The van der Waals surface area contributed by atoms with Gasteiger partial charge in [-0.15, -0.1) is 12.3 Å². The molecule has 0 amide bonds. The average Bonchev–Trinajstić information content (AvgIpc) is 3.07. The molecule has 4 rings (SSSR count). The Bertz CT molecular complexity index is 1510. The molecule has 0 saturated carbocycles. The predicted octanol–water partition coefficient (Wildman–Crippen LogP) is 5.61. The van der Waals surface area contributed by atoms with Crippen LogP contribution in [-0.4, -0.2) is 40.0 Å². The lowest BCUT2D eigenvalue weighted by Gasteiger charge is -2.46. The number of nitrogens with zero attached hydrogens (tertiary/aromatic N) is 4. The van der Waals surface area contributed by atoms with Gasteiger partial charge in [0.25, 0.3) is 0 Å². The number of piperazine rings is 1. The molecular weight excluding hydrogens is 558 g/mol. The fraction of sp³-hybridized carbons (Fsp3) is 0.351. The first-order chi connectivity index (χ1) is 21.9. The van der Waals surface area contributed by atoms with Gasteiger partial charge < -0.3 is 31.7 Å². The maximum atomic E-state index is 6.66. The van der Waals surface area contributed by atoms with Crippen molar-refractivity contribution in [2.24, 2.45) is 17.2 Å². The van der Waals surface area contributed by atoms with Crippen molar-refractivity contribution in [1.29, 1.82) is 0 Å². The Morgan fingerprint density at radius 1 is 1.00 bits per heavy atom. The van der Waals surface area contributed by atoms with Crippen molar-refractivity contribution in [3.05, 3.63) is 101 Å². The minimum atomic E-state index is 0.0878. The quantitative estimate of drug-likeness (QED) is 0.155. The SMILES string of the molecule is C#CCCCC#Cc1cnc(N2C(C)CN(C(/C=C(\N)c3ccccc3OCc3ccccc3)=C(N)N)CC2CC)nc1.CC. The summed E-state index contributed by atoms with van der Waals surface area (Å²) in [6.07, 6.45) is 14.0. The Morgan fingerprint density at radius 3 is 2.36 bits per heavy atom. The molecule has 2 heterocycles. The highest BCUT2D eigenvalue weighted by molar-refractivity contribution is 5.70. The number of benzene rings is 2. The smallest absolute Gasteiger partial charge is 0.225 e. The van der Waals surface area contributed by atoms with Crippen molar-refractivity contribution >= 4 is 11.6 Å². The monoisotopic (exact) mass is 605 g/mol. The van der Waals surface area contributed by atoms with Crippen LogP contribution in [0, 0.1) is 24.2 Å². The molecule has 6 N–H and O–H groups in total. The van der Waals surface area contributed by atoms with Gasteiger partial charge in [0.2, 0.25) is 5.95 Å². The normalized spacial score (nSPS) is 15.9. The van der Waals surface area contributed by atoms with Crippen molar-refractivity contribution in [1.82, 2.24) is 14.9 Å². The van der Waals surface area contributed by atoms with Gasteiger partial charge >= 0.3 is 0 Å². The number of unbranched alkanes of at least 4 members (excludes halogenated alkanes) is 2. The maximum absolute atomic E-state index is 6.66. The molecule has 236 valence electrons. The Hall–Kier alpha value is -5.08. The molecule has 3 aromatic rings. The topological polar surface area (TPSA) is 120 Å². The second-order valence-corrected chi connectivity index (χ2v) is 10.6. The first-order valence-electron chi connectivity index (χ1n) is 15.7. The van der Waals surface area contributed by atoms with E-state index in [0.29, 0.717) is 42.8 Å². The first-order valence-corrected chi connectivity index (χ1v) is 15.7. The van der Waals surface area contributed by atoms with Crippen LogP contribution in [0.3, 0.4) is 0 Å². The fourth-order valence-electron chi connectivity index (χ4n) is 5.18. The number of hydrogen-bond donors (Lipinski definition) is 3. The third kappa shape index (κ3) is 9.71. The first kappa shape index (κ1) is 34.4. The highest BCUT2D eigenvalue weighted by atomic mass is 16.5. The Kier molecular flexibility index (Phi) is 13.7. The molecule has 1 aromatic heterocycles. The van der Waals surface area contributed by atoms with Crippen molar-refractivity contribution < 1.29 is 4.74 Å². The number of rotatable bonds is 10. The molecule has 0 aliphatic carbocycles. The van der Waals surface area contributed by atoms with Gasteiger partial charge in [-0.3, -0.25) is 0 Å². The fourth-order valence-corrected chi connectivity index (χ4v) is 5.18. The van der Waals surface area contributed by atoms with Crippen LogP contribution in [0.15, 0.2) is 84.6 Å². The van der Waals surface area contributed by atoms with Gasteiger partial charge in [-0.05, 0) is 43.5 Å².